The molecule has 0 fully saturated rings. The molecule has 5 nitrogen and oxygen atoms in total. The molecule has 1 aromatic carbocycles. The van der Waals surface area contributed by atoms with Crippen LogP contribution in [-0.4, -0.2) is 19.2 Å². The summed E-state index contributed by atoms with van der Waals surface area (Å²) in [6.45, 7) is 5.24. The maximum atomic E-state index is 11.4. The summed E-state index contributed by atoms with van der Waals surface area (Å²) in [5, 5.41) is 0. The number of sulfonamides is 1. The summed E-state index contributed by atoms with van der Waals surface area (Å²) in [7, 11) is -3.24. The van der Waals surface area contributed by atoms with E-state index in [0.717, 1.165) is 17.0 Å². The Labute approximate surface area is 112 Å². The standard InChI is InChI=1S/C13H16N2O3S/c1-4-19(16,17)15-12-7-5-11(6-8-12)13-9(2)18-10(3)14-13/h5-8,15H,4H2,1-3H3. The van der Waals surface area contributed by atoms with Gasteiger partial charge in [0.25, 0.3) is 0 Å². The van der Waals surface area contributed by atoms with Crippen LogP contribution >= 0.6 is 0 Å². The zero-order valence-corrected chi connectivity index (χ0v) is 11.9. The number of anilines is 1. The minimum atomic E-state index is -3.24. The number of aryl methyl sites for hydroxylation is 2. The Kier molecular flexibility index (Phi) is 3.61. The summed E-state index contributed by atoms with van der Waals surface area (Å²) < 4.78 is 30.8. The quantitative estimate of drug-likeness (QED) is 0.934. The van der Waals surface area contributed by atoms with Crippen LogP contribution in [0.5, 0.6) is 0 Å². The molecule has 0 saturated carbocycles. The number of benzene rings is 1. The molecule has 0 atom stereocenters. The monoisotopic (exact) mass is 280 g/mol. The third kappa shape index (κ3) is 3.14. The lowest BCUT2D eigenvalue weighted by atomic mass is 10.1. The van der Waals surface area contributed by atoms with E-state index in [2.05, 4.69) is 9.71 Å². The van der Waals surface area contributed by atoms with Gasteiger partial charge in [0, 0.05) is 18.2 Å². The molecule has 102 valence electrons. The zero-order valence-electron chi connectivity index (χ0n) is 11.1. The van der Waals surface area contributed by atoms with Crippen LogP contribution < -0.4 is 4.72 Å². The summed E-state index contributed by atoms with van der Waals surface area (Å²) in [5.41, 5.74) is 2.22. The molecule has 1 aromatic heterocycles. The van der Waals surface area contributed by atoms with Gasteiger partial charge in [0.15, 0.2) is 5.89 Å². The van der Waals surface area contributed by atoms with E-state index in [1.54, 1.807) is 26.0 Å². The van der Waals surface area contributed by atoms with E-state index in [0.29, 0.717) is 11.6 Å². The minimum absolute atomic E-state index is 0.0519. The molecular weight excluding hydrogens is 264 g/mol. The molecule has 0 radical (unpaired) electrons. The second-order valence-electron chi connectivity index (χ2n) is 4.22. The number of aromatic nitrogens is 1. The molecule has 1 heterocycles. The Bertz CT molecular complexity index is 672. The first-order valence-electron chi connectivity index (χ1n) is 5.96. The first kappa shape index (κ1) is 13.6. The number of hydrogen-bond acceptors (Lipinski definition) is 4. The highest BCUT2D eigenvalue weighted by Gasteiger charge is 2.10. The topological polar surface area (TPSA) is 72.2 Å². The first-order chi connectivity index (χ1) is 8.91. The summed E-state index contributed by atoms with van der Waals surface area (Å²) in [6, 6.07) is 7.06. The number of nitrogens with zero attached hydrogens (tertiary/aromatic N) is 1. The molecule has 2 aromatic rings. The maximum Gasteiger partial charge on any atom is 0.232 e. The fourth-order valence-electron chi connectivity index (χ4n) is 1.74. The van der Waals surface area contributed by atoms with Crippen molar-refractivity contribution in [3.05, 3.63) is 35.9 Å². The summed E-state index contributed by atoms with van der Waals surface area (Å²) in [4.78, 5) is 4.30. The molecule has 0 bridgehead atoms. The van der Waals surface area contributed by atoms with Gasteiger partial charge < -0.3 is 4.42 Å². The van der Waals surface area contributed by atoms with Crippen molar-refractivity contribution in [1.82, 2.24) is 4.98 Å². The van der Waals surface area contributed by atoms with Gasteiger partial charge in [0.1, 0.15) is 11.5 Å². The van der Waals surface area contributed by atoms with E-state index in [1.807, 2.05) is 19.1 Å². The zero-order chi connectivity index (χ0) is 14.0. The van der Waals surface area contributed by atoms with Crippen LogP contribution in [0, 0.1) is 13.8 Å². The van der Waals surface area contributed by atoms with Crippen molar-refractivity contribution in [2.75, 3.05) is 10.5 Å². The molecule has 0 aliphatic carbocycles. The second kappa shape index (κ2) is 5.05. The van der Waals surface area contributed by atoms with Crippen molar-refractivity contribution in [2.24, 2.45) is 0 Å². The normalized spacial score (nSPS) is 11.5. The molecule has 19 heavy (non-hydrogen) atoms. The smallest absolute Gasteiger partial charge is 0.232 e. The van der Waals surface area contributed by atoms with Crippen molar-refractivity contribution < 1.29 is 12.8 Å². The maximum absolute atomic E-state index is 11.4. The van der Waals surface area contributed by atoms with E-state index >= 15 is 0 Å². The van der Waals surface area contributed by atoms with Gasteiger partial charge >= 0.3 is 0 Å². The van der Waals surface area contributed by atoms with E-state index in [9.17, 15) is 8.42 Å². The Balaban J connectivity index is 2.26. The first-order valence-corrected chi connectivity index (χ1v) is 7.61. The largest absolute Gasteiger partial charge is 0.446 e. The number of rotatable bonds is 4. The molecule has 0 saturated heterocycles. The van der Waals surface area contributed by atoms with Gasteiger partial charge in [-0.05, 0) is 26.0 Å². The summed E-state index contributed by atoms with van der Waals surface area (Å²) >= 11 is 0. The fourth-order valence-corrected chi connectivity index (χ4v) is 2.38. The van der Waals surface area contributed by atoms with Gasteiger partial charge in [-0.2, -0.15) is 0 Å². The van der Waals surface area contributed by atoms with Gasteiger partial charge in [-0.3, -0.25) is 4.72 Å². The number of hydrogen-bond donors (Lipinski definition) is 1. The number of oxazole rings is 1. The van der Waals surface area contributed by atoms with Crippen LogP contribution in [-0.2, 0) is 10.0 Å². The van der Waals surface area contributed by atoms with Crippen LogP contribution in [0.2, 0.25) is 0 Å². The number of nitrogens with one attached hydrogen (secondary N) is 1. The van der Waals surface area contributed by atoms with Crippen molar-refractivity contribution >= 4 is 15.7 Å². The third-order valence-corrected chi connectivity index (χ3v) is 4.02. The van der Waals surface area contributed by atoms with Gasteiger partial charge in [0.05, 0.1) is 5.75 Å². The van der Waals surface area contributed by atoms with Gasteiger partial charge in [0.2, 0.25) is 10.0 Å². The summed E-state index contributed by atoms with van der Waals surface area (Å²) in [5.74, 6) is 1.42. The van der Waals surface area contributed by atoms with E-state index < -0.39 is 10.0 Å². The van der Waals surface area contributed by atoms with Crippen LogP contribution in [0.25, 0.3) is 11.3 Å². The predicted molar refractivity (Wildman–Crippen MR) is 74.5 cm³/mol. The van der Waals surface area contributed by atoms with E-state index in [4.69, 9.17) is 4.42 Å². The second-order valence-corrected chi connectivity index (χ2v) is 6.23. The lowest BCUT2D eigenvalue weighted by Crippen LogP contribution is -2.14. The molecule has 2 rings (SSSR count). The minimum Gasteiger partial charge on any atom is -0.446 e. The lowest BCUT2D eigenvalue weighted by molar-refractivity contribution is 0.495. The van der Waals surface area contributed by atoms with Crippen molar-refractivity contribution in [3.8, 4) is 11.3 Å². The third-order valence-electron chi connectivity index (χ3n) is 2.72. The fraction of sp³-hybridized carbons (Fsp3) is 0.308. The van der Waals surface area contributed by atoms with Gasteiger partial charge in [-0.25, -0.2) is 13.4 Å². The Morgan fingerprint density at radius 1 is 1.21 bits per heavy atom. The Morgan fingerprint density at radius 3 is 2.32 bits per heavy atom. The van der Waals surface area contributed by atoms with Crippen LogP contribution in [0.15, 0.2) is 28.7 Å². The van der Waals surface area contributed by atoms with E-state index in [-0.39, 0.29) is 5.75 Å². The summed E-state index contributed by atoms with van der Waals surface area (Å²) in [6.07, 6.45) is 0. The van der Waals surface area contributed by atoms with Crippen LogP contribution in [0.3, 0.4) is 0 Å². The lowest BCUT2D eigenvalue weighted by Gasteiger charge is -2.06. The molecule has 6 heteroatoms. The molecule has 0 aliphatic rings. The van der Waals surface area contributed by atoms with Crippen molar-refractivity contribution in [2.45, 2.75) is 20.8 Å². The van der Waals surface area contributed by atoms with Crippen LogP contribution in [0.1, 0.15) is 18.6 Å². The Morgan fingerprint density at radius 2 is 1.84 bits per heavy atom. The average Bonchev–Trinajstić information content (AvgIpc) is 2.69. The highest BCUT2D eigenvalue weighted by atomic mass is 32.2. The molecular formula is C13H16N2O3S. The highest BCUT2D eigenvalue weighted by molar-refractivity contribution is 7.92. The SMILES string of the molecule is CCS(=O)(=O)Nc1ccc(-c2nc(C)oc2C)cc1. The molecule has 0 unspecified atom stereocenters. The van der Waals surface area contributed by atoms with Gasteiger partial charge in [-0.15, -0.1) is 0 Å². The molecule has 0 amide bonds. The van der Waals surface area contributed by atoms with Crippen molar-refractivity contribution in [1.29, 1.82) is 0 Å². The van der Waals surface area contributed by atoms with E-state index in [1.165, 1.54) is 0 Å². The van der Waals surface area contributed by atoms with Crippen molar-refractivity contribution in [3.63, 3.8) is 0 Å². The predicted octanol–water partition coefficient (Wildman–Crippen LogP) is 2.72. The Hall–Kier alpha value is -1.82. The average molecular weight is 280 g/mol. The molecule has 0 spiro atoms. The highest BCUT2D eigenvalue weighted by Crippen LogP contribution is 2.24. The molecule has 0 aliphatic heterocycles. The van der Waals surface area contributed by atoms with Crippen LogP contribution in [0.4, 0.5) is 5.69 Å². The van der Waals surface area contributed by atoms with Gasteiger partial charge in [-0.1, -0.05) is 12.1 Å². The molecule has 1 N–H and O–H groups in total.